The summed E-state index contributed by atoms with van der Waals surface area (Å²) >= 11 is 0. The molecule has 1 amide bonds. The molecule has 20 heavy (non-hydrogen) atoms. The summed E-state index contributed by atoms with van der Waals surface area (Å²) in [5, 5.41) is 9.12. The second kappa shape index (κ2) is 7.59. The lowest BCUT2D eigenvalue weighted by Gasteiger charge is -2.28. The Morgan fingerprint density at radius 2 is 2.05 bits per heavy atom. The fraction of sp³-hybridized carbons (Fsp3) is 0.857. The lowest BCUT2D eigenvalue weighted by Crippen LogP contribution is -2.45. The van der Waals surface area contributed by atoms with Crippen molar-refractivity contribution in [3.63, 3.8) is 0 Å². The van der Waals surface area contributed by atoms with Gasteiger partial charge in [0, 0.05) is 13.5 Å². The standard InChI is InChI=1S/C14H26N2O4/c1-9(2)4-10(6-15)5-13(17)16(3)12-8-20-7-11(12)14(18)19/h9-12H,4-8,15H2,1-3H3,(H,18,19). The van der Waals surface area contributed by atoms with E-state index < -0.39 is 11.9 Å². The number of ether oxygens (including phenoxy) is 1. The zero-order chi connectivity index (χ0) is 15.3. The van der Waals surface area contributed by atoms with Crippen molar-refractivity contribution in [2.75, 3.05) is 26.8 Å². The molecule has 3 unspecified atom stereocenters. The van der Waals surface area contributed by atoms with Crippen LogP contribution in [0.15, 0.2) is 0 Å². The lowest BCUT2D eigenvalue weighted by molar-refractivity contribution is -0.144. The van der Waals surface area contributed by atoms with Crippen LogP contribution < -0.4 is 5.73 Å². The van der Waals surface area contributed by atoms with Crippen molar-refractivity contribution in [2.45, 2.75) is 32.7 Å². The van der Waals surface area contributed by atoms with E-state index in [1.165, 1.54) is 4.90 Å². The van der Waals surface area contributed by atoms with E-state index in [2.05, 4.69) is 13.8 Å². The predicted octanol–water partition coefficient (Wildman–Crippen LogP) is 0.556. The van der Waals surface area contributed by atoms with Crippen LogP contribution in [-0.4, -0.2) is 54.7 Å². The Bertz CT molecular complexity index is 346. The summed E-state index contributed by atoms with van der Waals surface area (Å²) in [6.45, 7) is 5.13. The summed E-state index contributed by atoms with van der Waals surface area (Å²) < 4.78 is 5.20. The fourth-order valence-corrected chi connectivity index (χ4v) is 2.67. The summed E-state index contributed by atoms with van der Waals surface area (Å²) in [7, 11) is 1.65. The SMILES string of the molecule is CC(C)CC(CN)CC(=O)N(C)C1COCC1C(=O)O. The highest BCUT2D eigenvalue weighted by atomic mass is 16.5. The zero-order valence-electron chi connectivity index (χ0n) is 12.5. The van der Waals surface area contributed by atoms with Gasteiger partial charge in [0.05, 0.1) is 19.3 Å². The summed E-state index contributed by atoms with van der Waals surface area (Å²) in [5.41, 5.74) is 5.71. The van der Waals surface area contributed by atoms with Gasteiger partial charge in [-0.3, -0.25) is 9.59 Å². The Kier molecular flexibility index (Phi) is 6.42. The molecule has 6 heteroatoms. The molecule has 1 saturated heterocycles. The number of amides is 1. The molecule has 3 N–H and O–H groups in total. The van der Waals surface area contributed by atoms with Gasteiger partial charge in [0.1, 0.15) is 5.92 Å². The quantitative estimate of drug-likeness (QED) is 0.713. The van der Waals surface area contributed by atoms with Gasteiger partial charge in [-0.1, -0.05) is 13.8 Å². The van der Waals surface area contributed by atoms with Crippen LogP contribution in [0, 0.1) is 17.8 Å². The molecular weight excluding hydrogens is 260 g/mol. The molecule has 0 aromatic carbocycles. The van der Waals surface area contributed by atoms with E-state index in [0.717, 1.165) is 6.42 Å². The molecule has 3 atom stereocenters. The van der Waals surface area contributed by atoms with E-state index in [1.54, 1.807) is 7.05 Å². The van der Waals surface area contributed by atoms with Gasteiger partial charge in [-0.15, -0.1) is 0 Å². The highest BCUT2D eigenvalue weighted by Crippen LogP contribution is 2.22. The maximum absolute atomic E-state index is 12.3. The molecule has 116 valence electrons. The number of carbonyl (C=O) groups is 2. The van der Waals surface area contributed by atoms with Gasteiger partial charge in [0.25, 0.3) is 0 Å². The third kappa shape index (κ3) is 4.45. The maximum Gasteiger partial charge on any atom is 0.311 e. The van der Waals surface area contributed by atoms with Crippen LogP contribution in [0.3, 0.4) is 0 Å². The molecule has 1 rings (SSSR count). The van der Waals surface area contributed by atoms with E-state index in [-0.39, 0.29) is 31.1 Å². The Hall–Kier alpha value is -1.14. The number of nitrogens with two attached hydrogens (primary N) is 1. The number of likely N-dealkylation sites (N-methyl/N-ethyl adjacent to an activating group) is 1. The average Bonchev–Trinajstić information content (AvgIpc) is 2.85. The van der Waals surface area contributed by atoms with Crippen molar-refractivity contribution in [3.05, 3.63) is 0 Å². The van der Waals surface area contributed by atoms with Crippen LogP contribution in [0.25, 0.3) is 0 Å². The highest BCUT2D eigenvalue weighted by molar-refractivity contribution is 5.78. The molecule has 6 nitrogen and oxygen atoms in total. The highest BCUT2D eigenvalue weighted by Gasteiger charge is 2.38. The van der Waals surface area contributed by atoms with Crippen LogP contribution in [0.1, 0.15) is 26.7 Å². The predicted molar refractivity (Wildman–Crippen MR) is 75.1 cm³/mol. The molecule has 1 aliphatic rings. The van der Waals surface area contributed by atoms with Crippen LogP contribution in [0.5, 0.6) is 0 Å². The second-order valence-electron chi connectivity index (χ2n) is 5.99. The largest absolute Gasteiger partial charge is 0.481 e. The minimum absolute atomic E-state index is 0.0529. The summed E-state index contributed by atoms with van der Waals surface area (Å²) in [4.78, 5) is 24.9. The van der Waals surface area contributed by atoms with E-state index in [4.69, 9.17) is 15.6 Å². The fourth-order valence-electron chi connectivity index (χ4n) is 2.67. The number of carboxylic acid groups (broad SMARTS) is 1. The molecule has 1 aliphatic heterocycles. The number of nitrogens with zero attached hydrogens (tertiary/aromatic N) is 1. The first-order valence-corrected chi connectivity index (χ1v) is 7.13. The van der Waals surface area contributed by atoms with Crippen molar-refractivity contribution >= 4 is 11.9 Å². The Morgan fingerprint density at radius 3 is 2.55 bits per heavy atom. The first-order valence-electron chi connectivity index (χ1n) is 7.13. The molecule has 0 spiro atoms. The van der Waals surface area contributed by atoms with Gasteiger partial charge in [0.2, 0.25) is 5.91 Å². The summed E-state index contributed by atoms with van der Waals surface area (Å²) in [5.74, 6) is -0.961. The molecule has 0 radical (unpaired) electrons. The van der Waals surface area contributed by atoms with Crippen LogP contribution in [-0.2, 0) is 14.3 Å². The maximum atomic E-state index is 12.3. The molecule has 0 saturated carbocycles. The Labute approximate surface area is 120 Å². The number of aliphatic carboxylic acids is 1. The molecule has 1 fully saturated rings. The molecule has 0 aromatic heterocycles. The molecule has 0 aliphatic carbocycles. The van der Waals surface area contributed by atoms with Gasteiger partial charge in [-0.2, -0.15) is 0 Å². The number of hydrogen-bond donors (Lipinski definition) is 2. The summed E-state index contributed by atoms with van der Waals surface area (Å²) in [6, 6.07) is -0.377. The monoisotopic (exact) mass is 286 g/mol. The smallest absolute Gasteiger partial charge is 0.311 e. The van der Waals surface area contributed by atoms with Gasteiger partial charge in [-0.25, -0.2) is 0 Å². The van der Waals surface area contributed by atoms with Gasteiger partial charge < -0.3 is 20.5 Å². The molecule has 1 heterocycles. The van der Waals surface area contributed by atoms with E-state index in [0.29, 0.717) is 18.9 Å². The van der Waals surface area contributed by atoms with Gasteiger partial charge >= 0.3 is 5.97 Å². The Balaban J connectivity index is 2.59. The molecule has 0 bridgehead atoms. The molecular formula is C14H26N2O4. The number of hydrogen-bond acceptors (Lipinski definition) is 4. The van der Waals surface area contributed by atoms with Crippen molar-refractivity contribution in [2.24, 2.45) is 23.5 Å². The van der Waals surface area contributed by atoms with Crippen molar-refractivity contribution < 1.29 is 19.4 Å². The second-order valence-corrected chi connectivity index (χ2v) is 5.99. The first kappa shape index (κ1) is 16.9. The number of carboxylic acids is 1. The van der Waals surface area contributed by atoms with Gasteiger partial charge in [-0.05, 0) is 24.8 Å². The van der Waals surface area contributed by atoms with Gasteiger partial charge in [0.15, 0.2) is 0 Å². The lowest BCUT2D eigenvalue weighted by atomic mass is 9.93. The van der Waals surface area contributed by atoms with E-state index in [9.17, 15) is 9.59 Å². The first-order chi connectivity index (χ1) is 9.36. The number of carbonyl (C=O) groups excluding carboxylic acids is 1. The van der Waals surface area contributed by atoms with Crippen molar-refractivity contribution in [1.82, 2.24) is 4.90 Å². The van der Waals surface area contributed by atoms with E-state index in [1.807, 2.05) is 0 Å². The minimum atomic E-state index is -0.912. The average molecular weight is 286 g/mol. The van der Waals surface area contributed by atoms with E-state index >= 15 is 0 Å². The zero-order valence-corrected chi connectivity index (χ0v) is 12.5. The van der Waals surface area contributed by atoms with Crippen LogP contribution in [0.4, 0.5) is 0 Å². The third-order valence-electron chi connectivity index (χ3n) is 3.86. The minimum Gasteiger partial charge on any atom is -0.481 e. The van der Waals surface area contributed by atoms with Crippen LogP contribution in [0.2, 0.25) is 0 Å². The van der Waals surface area contributed by atoms with Crippen molar-refractivity contribution in [1.29, 1.82) is 0 Å². The molecule has 0 aromatic rings. The normalized spacial score (nSPS) is 23.9. The Morgan fingerprint density at radius 1 is 1.40 bits per heavy atom. The third-order valence-corrected chi connectivity index (χ3v) is 3.86. The number of rotatable bonds is 7. The van der Waals surface area contributed by atoms with Crippen LogP contribution >= 0.6 is 0 Å². The topological polar surface area (TPSA) is 92.9 Å². The van der Waals surface area contributed by atoms with Crippen molar-refractivity contribution in [3.8, 4) is 0 Å². The summed E-state index contributed by atoms with van der Waals surface area (Å²) in [6.07, 6.45) is 1.27.